The van der Waals surface area contributed by atoms with Gasteiger partial charge in [-0.2, -0.15) is 0 Å². The van der Waals surface area contributed by atoms with Crippen molar-refractivity contribution in [3.63, 3.8) is 0 Å². The molecule has 1 aromatic heterocycles. The molecule has 1 aliphatic rings. The highest BCUT2D eigenvalue weighted by Gasteiger charge is 2.39. The molecular weight excluding hydrogens is 391 g/mol. The zero-order valence-corrected chi connectivity index (χ0v) is 17.6. The lowest BCUT2D eigenvalue weighted by Gasteiger charge is -2.30. The minimum atomic E-state index is -0.621. The van der Waals surface area contributed by atoms with Gasteiger partial charge in [0.1, 0.15) is 17.4 Å². The number of carbonyl (C=O) groups excluding carboxylic acids is 1. The van der Waals surface area contributed by atoms with Crippen molar-refractivity contribution in [3.05, 3.63) is 53.7 Å². The first-order valence-corrected chi connectivity index (χ1v) is 10.4. The molecule has 0 bridgehead atoms. The maximum Gasteiger partial charge on any atom is 0.230 e. The number of hydrogen-bond donors (Lipinski definition) is 0. The Morgan fingerprint density at radius 1 is 1.28 bits per heavy atom. The number of carbonyl (C=O) groups is 1. The van der Waals surface area contributed by atoms with Gasteiger partial charge in [-0.25, -0.2) is 9.37 Å². The number of amides is 1. The fraction of sp³-hybridized carbons (Fsp3) is 0.391. The average molecular weight is 415 g/mol. The predicted molar refractivity (Wildman–Crippen MR) is 112 cm³/mol. The third kappa shape index (κ3) is 3.64. The van der Waals surface area contributed by atoms with Gasteiger partial charge in [0.25, 0.3) is 0 Å². The average Bonchev–Trinajstić information content (AvgIpc) is 3.35. The Morgan fingerprint density at radius 2 is 2.00 bits per heavy atom. The Balaban J connectivity index is 1.67. The topological polar surface area (TPSA) is 46.3 Å². The predicted octanol–water partition coefficient (Wildman–Crippen LogP) is 5.87. The van der Waals surface area contributed by atoms with E-state index in [-0.39, 0.29) is 23.6 Å². The summed E-state index contributed by atoms with van der Waals surface area (Å²) in [5, 5.41) is 0. The highest BCUT2D eigenvalue weighted by Crippen LogP contribution is 2.37. The van der Waals surface area contributed by atoms with Gasteiger partial charge >= 0.3 is 0 Å². The molecule has 0 radical (unpaired) electrons. The largest absolute Gasteiger partial charge is 0.438 e. The standard InChI is InChI=1S/C23H24ClFN2O2/c1-14-11-15(6-8-17(14)25)16-7-9-20-18(12-16)26-21(29-20)19-5-4-10-27(19)22(28)23(2,3)13-24/h6-9,11-12,19H,4-5,10,13H2,1-3H3. The number of likely N-dealkylation sites (tertiary alicyclic amines) is 1. The van der Waals surface area contributed by atoms with Crippen molar-refractivity contribution < 1.29 is 13.6 Å². The molecule has 0 aliphatic carbocycles. The number of fused-ring (bicyclic) bond motifs is 1. The Labute approximate surface area is 174 Å². The molecule has 6 heteroatoms. The van der Waals surface area contributed by atoms with E-state index in [9.17, 15) is 9.18 Å². The zero-order chi connectivity index (χ0) is 20.8. The van der Waals surface area contributed by atoms with Crippen molar-refractivity contribution in [1.29, 1.82) is 0 Å². The van der Waals surface area contributed by atoms with Crippen LogP contribution in [0.1, 0.15) is 44.2 Å². The Bertz CT molecular complexity index is 1080. The van der Waals surface area contributed by atoms with Crippen molar-refractivity contribution in [2.24, 2.45) is 5.41 Å². The van der Waals surface area contributed by atoms with Gasteiger partial charge in [-0.3, -0.25) is 4.79 Å². The number of halogens is 2. The maximum atomic E-state index is 13.6. The highest BCUT2D eigenvalue weighted by atomic mass is 35.5. The number of oxazole rings is 1. The molecule has 3 aromatic rings. The van der Waals surface area contributed by atoms with Crippen molar-refractivity contribution >= 4 is 28.6 Å². The SMILES string of the molecule is Cc1cc(-c2ccc3oc(C4CCCN4C(=O)C(C)(C)CCl)nc3c2)ccc1F. The van der Waals surface area contributed by atoms with Crippen LogP contribution in [0.5, 0.6) is 0 Å². The Hall–Kier alpha value is -2.40. The van der Waals surface area contributed by atoms with Crippen LogP contribution in [0.25, 0.3) is 22.2 Å². The quantitative estimate of drug-likeness (QED) is 0.501. The molecule has 0 spiro atoms. The molecule has 0 N–H and O–H groups in total. The molecular formula is C23H24ClFN2O2. The van der Waals surface area contributed by atoms with Gasteiger partial charge < -0.3 is 9.32 Å². The van der Waals surface area contributed by atoms with Gasteiger partial charge in [0, 0.05) is 12.4 Å². The summed E-state index contributed by atoms with van der Waals surface area (Å²) >= 11 is 6.01. The van der Waals surface area contributed by atoms with Gasteiger partial charge in [-0.15, -0.1) is 11.6 Å². The smallest absolute Gasteiger partial charge is 0.230 e. The second kappa shape index (κ2) is 7.45. The monoisotopic (exact) mass is 414 g/mol. The third-order valence-corrected chi connectivity index (χ3v) is 6.28. The Morgan fingerprint density at radius 3 is 2.72 bits per heavy atom. The van der Waals surface area contributed by atoms with E-state index in [1.54, 1.807) is 13.0 Å². The molecule has 2 heterocycles. The lowest BCUT2D eigenvalue weighted by Crippen LogP contribution is -2.41. The minimum absolute atomic E-state index is 0.0275. The van der Waals surface area contributed by atoms with Crippen molar-refractivity contribution in [3.8, 4) is 11.1 Å². The molecule has 1 aliphatic heterocycles. The Kier molecular flexibility index (Phi) is 5.11. The van der Waals surface area contributed by atoms with Crippen LogP contribution in [0, 0.1) is 18.2 Å². The van der Waals surface area contributed by atoms with E-state index in [2.05, 4.69) is 0 Å². The van der Waals surface area contributed by atoms with Crippen LogP contribution in [0.2, 0.25) is 0 Å². The van der Waals surface area contributed by atoms with E-state index in [1.807, 2.05) is 43.0 Å². The van der Waals surface area contributed by atoms with Crippen LogP contribution >= 0.6 is 11.6 Å². The first-order valence-electron chi connectivity index (χ1n) is 9.84. The minimum Gasteiger partial charge on any atom is -0.438 e. The number of benzene rings is 2. The first kappa shape index (κ1) is 19.9. The van der Waals surface area contributed by atoms with Crippen LogP contribution in [-0.4, -0.2) is 28.2 Å². The van der Waals surface area contributed by atoms with Gasteiger partial charge in [-0.1, -0.05) is 12.1 Å². The summed E-state index contributed by atoms with van der Waals surface area (Å²) in [6.07, 6.45) is 1.73. The maximum absolute atomic E-state index is 13.6. The van der Waals surface area contributed by atoms with Crippen molar-refractivity contribution in [2.45, 2.75) is 39.7 Å². The molecule has 1 fully saturated rings. The van der Waals surface area contributed by atoms with E-state index in [0.717, 1.165) is 29.5 Å². The molecule has 0 saturated carbocycles. The van der Waals surface area contributed by atoms with Gasteiger partial charge in [0.2, 0.25) is 11.8 Å². The van der Waals surface area contributed by atoms with Crippen LogP contribution in [0.4, 0.5) is 4.39 Å². The fourth-order valence-corrected chi connectivity index (χ4v) is 3.92. The lowest BCUT2D eigenvalue weighted by molar-refractivity contribution is -0.140. The molecule has 2 aromatic carbocycles. The van der Waals surface area contributed by atoms with Crippen LogP contribution in [-0.2, 0) is 4.79 Å². The molecule has 4 rings (SSSR count). The zero-order valence-electron chi connectivity index (χ0n) is 16.8. The number of aromatic nitrogens is 1. The van der Waals surface area contributed by atoms with E-state index < -0.39 is 5.41 Å². The third-order valence-electron chi connectivity index (χ3n) is 5.61. The van der Waals surface area contributed by atoms with Gasteiger partial charge in [0.05, 0.1) is 5.41 Å². The second-order valence-electron chi connectivity index (χ2n) is 8.37. The van der Waals surface area contributed by atoms with Gasteiger partial charge in [-0.05, 0) is 74.6 Å². The number of nitrogens with zero attached hydrogens (tertiary/aromatic N) is 2. The fourth-order valence-electron chi connectivity index (χ4n) is 3.80. The first-order chi connectivity index (χ1) is 13.8. The number of aryl methyl sites for hydroxylation is 1. The van der Waals surface area contributed by atoms with Crippen molar-refractivity contribution in [1.82, 2.24) is 9.88 Å². The molecule has 29 heavy (non-hydrogen) atoms. The number of rotatable bonds is 4. The van der Waals surface area contributed by atoms with E-state index in [0.29, 0.717) is 23.6 Å². The van der Waals surface area contributed by atoms with Gasteiger partial charge in [0.15, 0.2) is 5.58 Å². The summed E-state index contributed by atoms with van der Waals surface area (Å²) < 4.78 is 19.6. The molecule has 4 nitrogen and oxygen atoms in total. The van der Waals surface area contributed by atoms with E-state index in [1.165, 1.54) is 6.07 Å². The highest BCUT2D eigenvalue weighted by molar-refractivity contribution is 6.19. The van der Waals surface area contributed by atoms with Crippen molar-refractivity contribution in [2.75, 3.05) is 12.4 Å². The summed E-state index contributed by atoms with van der Waals surface area (Å²) in [7, 11) is 0. The molecule has 1 amide bonds. The summed E-state index contributed by atoms with van der Waals surface area (Å²) in [4.78, 5) is 19.5. The molecule has 1 atom stereocenters. The van der Waals surface area contributed by atoms with Crippen LogP contribution < -0.4 is 0 Å². The summed E-state index contributed by atoms with van der Waals surface area (Å²) in [6.45, 7) is 6.16. The second-order valence-corrected chi connectivity index (χ2v) is 8.64. The summed E-state index contributed by atoms with van der Waals surface area (Å²) in [6, 6.07) is 10.7. The molecule has 1 saturated heterocycles. The summed E-state index contributed by atoms with van der Waals surface area (Å²) in [5.41, 5.74) is 3.27. The summed E-state index contributed by atoms with van der Waals surface area (Å²) in [5.74, 6) is 0.635. The lowest BCUT2D eigenvalue weighted by atomic mass is 9.94. The van der Waals surface area contributed by atoms with Crippen LogP contribution in [0.3, 0.4) is 0 Å². The number of alkyl halides is 1. The molecule has 1 unspecified atom stereocenters. The number of hydrogen-bond acceptors (Lipinski definition) is 3. The molecule has 152 valence electrons. The normalized spacial score (nSPS) is 17.3. The van der Waals surface area contributed by atoms with E-state index >= 15 is 0 Å². The van der Waals surface area contributed by atoms with E-state index in [4.69, 9.17) is 21.0 Å². The van der Waals surface area contributed by atoms with Crippen LogP contribution in [0.15, 0.2) is 40.8 Å².